The first-order valence-electron chi connectivity index (χ1n) is 9.73. The summed E-state index contributed by atoms with van der Waals surface area (Å²) in [6.45, 7) is 6.84. The predicted molar refractivity (Wildman–Crippen MR) is 131 cm³/mol. The summed E-state index contributed by atoms with van der Waals surface area (Å²) in [6, 6.07) is -0.537. The first-order valence-corrected chi connectivity index (χ1v) is 10.9. The largest absolute Gasteiger partial charge is 0.403 e. The highest BCUT2D eigenvalue weighted by atomic mass is 35.5. The lowest BCUT2D eigenvalue weighted by Crippen LogP contribution is -2.30. The first-order chi connectivity index (χ1) is 15.8. The van der Waals surface area contributed by atoms with Gasteiger partial charge in [-0.15, -0.1) is 0 Å². The maximum atomic E-state index is 12.8. The Balaban J connectivity index is 1.80. The van der Waals surface area contributed by atoms with Gasteiger partial charge >= 0.3 is 6.03 Å². The number of hydrogen-bond acceptors (Lipinski definition) is 9. The number of pyridine rings is 1. The molecule has 0 unspecified atom stereocenters. The minimum atomic E-state index is -0.537. The summed E-state index contributed by atoms with van der Waals surface area (Å²) < 4.78 is 5.19. The Kier molecular flexibility index (Phi) is 7.98. The van der Waals surface area contributed by atoms with Crippen LogP contribution in [0, 0.1) is 6.92 Å². The number of carbonyl (C=O) groups is 1. The molecule has 0 radical (unpaired) electrons. The van der Waals surface area contributed by atoms with E-state index in [1.165, 1.54) is 40.8 Å². The third kappa shape index (κ3) is 5.86. The number of anilines is 2. The number of hydrogen-bond donors (Lipinski definition) is 3. The van der Waals surface area contributed by atoms with Crippen molar-refractivity contribution in [2.24, 2.45) is 5.73 Å². The van der Waals surface area contributed by atoms with Crippen molar-refractivity contribution in [1.82, 2.24) is 30.3 Å². The molecule has 33 heavy (non-hydrogen) atoms. The zero-order valence-electron chi connectivity index (χ0n) is 18.4. The minimum Gasteiger partial charge on any atom is -0.403 e. The number of ether oxygens (including phenoxy) is 1. The van der Waals surface area contributed by atoms with E-state index in [1.54, 1.807) is 13.3 Å². The molecule has 0 aromatic carbocycles. The topological polar surface area (TPSA) is 136 Å². The number of carbonyl (C=O) groups excluding carboxylic acids is 1. The summed E-state index contributed by atoms with van der Waals surface area (Å²) in [5.41, 5.74) is 8.17. The van der Waals surface area contributed by atoms with E-state index in [2.05, 4.69) is 37.4 Å². The number of aromatic nitrogens is 5. The zero-order valence-corrected chi connectivity index (χ0v) is 19.9. The van der Waals surface area contributed by atoms with Crippen LogP contribution in [0.5, 0.6) is 0 Å². The van der Waals surface area contributed by atoms with Gasteiger partial charge in [0.25, 0.3) is 0 Å². The first kappa shape index (κ1) is 24.2. The van der Waals surface area contributed by atoms with Gasteiger partial charge in [-0.05, 0) is 13.0 Å². The normalized spacial score (nSPS) is 12.1. The van der Waals surface area contributed by atoms with Gasteiger partial charge in [0.15, 0.2) is 0 Å². The number of nitrogens with two attached hydrogens (primary N) is 1. The summed E-state index contributed by atoms with van der Waals surface area (Å²) in [5, 5.41) is 14.5. The van der Waals surface area contributed by atoms with Gasteiger partial charge in [0.1, 0.15) is 10.3 Å². The number of allylic oxidation sites excluding steroid dienone is 3. The fourth-order valence-electron chi connectivity index (χ4n) is 2.87. The fourth-order valence-corrected chi connectivity index (χ4v) is 3.82. The molecule has 3 heterocycles. The van der Waals surface area contributed by atoms with Crippen molar-refractivity contribution in [2.75, 3.05) is 37.5 Å². The van der Waals surface area contributed by atoms with Crippen molar-refractivity contribution in [3.8, 4) is 0 Å². The Hall–Kier alpha value is -3.48. The van der Waals surface area contributed by atoms with Crippen LogP contribution in [0.15, 0.2) is 48.2 Å². The van der Waals surface area contributed by atoms with E-state index < -0.39 is 6.03 Å². The molecule has 0 saturated carbocycles. The van der Waals surface area contributed by atoms with Crippen molar-refractivity contribution in [3.05, 3.63) is 53.2 Å². The van der Waals surface area contributed by atoms with Crippen LogP contribution in [0.2, 0.25) is 0 Å². The van der Waals surface area contributed by atoms with Crippen LogP contribution in [-0.2, 0) is 4.74 Å². The predicted octanol–water partition coefficient (Wildman–Crippen LogP) is 2.89. The molecule has 0 atom stereocenters. The number of urea groups is 1. The number of rotatable bonds is 9. The summed E-state index contributed by atoms with van der Waals surface area (Å²) in [5.74, 6) is 0. The molecule has 3 rings (SSSR count). The van der Waals surface area contributed by atoms with Crippen molar-refractivity contribution < 1.29 is 9.53 Å². The molecule has 0 fully saturated rings. The van der Waals surface area contributed by atoms with E-state index in [-0.39, 0.29) is 10.7 Å². The third-order valence-corrected chi connectivity index (χ3v) is 5.63. The van der Waals surface area contributed by atoms with Crippen molar-refractivity contribution >= 4 is 56.4 Å². The molecule has 0 aliphatic rings. The minimum absolute atomic E-state index is 0.198. The zero-order chi connectivity index (χ0) is 24.0. The van der Waals surface area contributed by atoms with E-state index >= 15 is 0 Å². The van der Waals surface area contributed by atoms with E-state index in [1.807, 2.05) is 18.9 Å². The molecule has 2 amide bonds. The van der Waals surface area contributed by atoms with Gasteiger partial charge in [0.05, 0.1) is 58.0 Å². The second kappa shape index (κ2) is 10.9. The summed E-state index contributed by atoms with van der Waals surface area (Å²) in [6.07, 6.45) is 7.25. The van der Waals surface area contributed by atoms with Gasteiger partial charge in [-0.1, -0.05) is 29.5 Å². The van der Waals surface area contributed by atoms with Crippen LogP contribution < -0.4 is 21.3 Å². The van der Waals surface area contributed by atoms with E-state index in [4.69, 9.17) is 22.1 Å². The van der Waals surface area contributed by atoms with Crippen LogP contribution in [0.25, 0.3) is 16.0 Å². The van der Waals surface area contributed by atoms with Gasteiger partial charge in [0.2, 0.25) is 0 Å². The van der Waals surface area contributed by atoms with Gasteiger partial charge in [-0.25, -0.2) is 14.8 Å². The summed E-state index contributed by atoms with van der Waals surface area (Å²) >= 11 is 7.76. The van der Waals surface area contributed by atoms with Crippen molar-refractivity contribution in [1.29, 1.82) is 0 Å². The molecule has 0 bridgehead atoms. The monoisotopic (exact) mass is 489 g/mol. The lowest BCUT2D eigenvalue weighted by Gasteiger charge is -2.22. The van der Waals surface area contributed by atoms with Crippen LogP contribution in [0.1, 0.15) is 5.01 Å². The Morgan fingerprint density at radius 2 is 2.15 bits per heavy atom. The second-order valence-electron chi connectivity index (χ2n) is 6.78. The standard InChI is InChI=1S/C20H24ClN9O2S/c1-12(30-24-5-6-25-30)15(21)9-14(10-22)27-20(31)28-16-11-23-19-17(26-13(2)33-19)18(16)29(3)7-8-32-4/h5-6,9-11H,1,7-8,22H2,2-4H3,(H2,27,28,31)/b14-10+,15-9+. The number of nitrogens with one attached hydrogen (secondary N) is 2. The number of methoxy groups -OCH3 is 1. The average Bonchev–Trinajstić information content (AvgIpc) is 3.45. The summed E-state index contributed by atoms with van der Waals surface area (Å²) in [7, 11) is 3.53. The molecule has 4 N–H and O–H groups in total. The fraction of sp³-hybridized carbons (Fsp3) is 0.250. The van der Waals surface area contributed by atoms with Crippen molar-refractivity contribution in [3.63, 3.8) is 0 Å². The second-order valence-corrected chi connectivity index (χ2v) is 8.37. The molecule has 13 heteroatoms. The van der Waals surface area contributed by atoms with E-state index in [9.17, 15) is 4.79 Å². The highest BCUT2D eigenvalue weighted by Gasteiger charge is 2.18. The Morgan fingerprint density at radius 3 is 2.82 bits per heavy atom. The molecule has 0 spiro atoms. The number of nitrogens with zero attached hydrogens (tertiary/aromatic N) is 6. The van der Waals surface area contributed by atoms with Crippen LogP contribution in [-0.4, -0.2) is 58.3 Å². The maximum absolute atomic E-state index is 12.8. The highest BCUT2D eigenvalue weighted by Crippen LogP contribution is 2.34. The van der Waals surface area contributed by atoms with Gasteiger partial charge in [-0.2, -0.15) is 15.0 Å². The maximum Gasteiger partial charge on any atom is 0.323 e. The third-order valence-electron chi connectivity index (χ3n) is 4.42. The molecular formula is C20H24ClN9O2S. The Bertz CT molecular complexity index is 1200. The lowest BCUT2D eigenvalue weighted by atomic mass is 10.3. The van der Waals surface area contributed by atoms with Gasteiger partial charge in [0, 0.05) is 26.9 Å². The Morgan fingerprint density at radius 1 is 1.42 bits per heavy atom. The number of thiazole rings is 1. The van der Waals surface area contributed by atoms with Crippen LogP contribution >= 0.6 is 22.9 Å². The van der Waals surface area contributed by atoms with E-state index in [0.717, 1.165) is 15.5 Å². The van der Waals surface area contributed by atoms with Gasteiger partial charge < -0.3 is 26.0 Å². The number of aryl methyl sites for hydroxylation is 1. The van der Waals surface area contributed by atoms with Gasteiger partial charge in [-0.3, -0.25) is 0 Å². The van der Waals surface area contributed by atoms with Crippen LogP contribution in [0.4, 0.5) is 16.2 Å². The molecular weight excluding hydrogens is 466 g/mol. The number of halogens is 1. The van der Waals surface area contributed by atoms with Crippen LogP contribution in [0.3, 0.4) is 0 Å². The molecule has 3 aromatic rings. The number of likely N-dealkylation sites (N-methyl/N-ethyl adjacent to an activating group) is 1. The van der Waals surface area contributed by atoms with Crippen molar-refractivity contribution in [2.45, 2.75) is 6.92 Å². The molecule has 0 aliphatic carbocycles. The molecule has 0 saturated heterocycles. The highest BCUT2D eigenvalue weighted by molar-refractivity contribution is 7.18. The number of amides is 2. The summed E-state index contributed by atoms with van der Waals surface area (Å²) in [4.78, 5) is 25.8. The molecule has 174 valence electrons. The van der Waals surface area contributed by atoms with E-state index in [0.29, 0.717) is 30.1 Å². The average molecular weight is 490 g/mol. The molecule has 0 aliphatic heterocycles. The number of fused-ring (bicyclic) bond motifs is 1. The SMILES string of the molecule is C=C(/C(Cl)=C\C(=C/N)NC(=O)Nc1cnc2sc(C)nc2c1N(C)CCOC)n1nccn1. The Labute approximate surface area is 199 Å². The lowest BCUT2D eigenvalue weighted by molar-refractivity contribution is 0.206. The quantitative estimate of drug-likeness (QED) is 0.390. The smallest absolute Gasteiger partial charge is 0.323 e. The molecule has 3 aromatic heterocycles. The molecule has 11 nitrogen and oxygen atoms in total.